The van der Waals surface area contributed by atoms with Crippen LogP contribution in [0.1, 0.15) is 26.3 Å². The first kappa shape index (κ1) is 19.7. The molecule has 0 aliphatic rings. The maximum atomic E-state index is 10.5. The molecular formula is C19H30O4. The Hall–Kier alpha value is -1.36. The van der Waals surface area contributed by atoms with Crippen molar-refractivity contribution >= 4 is 0 Å². The van der Waals surface area contributed by atoms with Gasteiger partial charge in [0, 0.05) is 13.0 Å². The van der Waals surface area contributed by atoms with Crippen molar-refractivity contribution in [2.75, 3.05) is 14.2 Å². The molecule has 0 fully saturated rings. The summed E-state index contributed by atoms with van der Waals surface area (Å²) >= 11 is 0. The van der Waals surface area contributed by atoms with Crippen LogP contribution in [0.2, 0.25) is 0 Å². The molecule has 130 valence electrons. The van der Waals surface area contributed by atoms with Crippen molar-refractivity contribution in [3.05, 3.63) is 42.5 Å². The van der Waals surface area contributed by atoms with Crippen molar-refractivity contribution in [1.82, 2.24) is 0 Å². The van der Waals surface area contributed by atoms with E-state index in [0.717, 1.165) is 11.3 Å². The predicted octanol–water partition coefficient (Wildman–Crippen LogP) is 3.43. The van der Waals surface area contributed by atoms with Crippen LogP contribution < -0.4 is 4.74 Å². The van der Waals surface area contributed by atoms with Gasteiger partial charge in [-0.3, -0.25) is 0 Å². The molecule has 23 heavy (non-hydrogen) atoms. The molecule has 0 heterocycles. The fourth-order valence-corrected chi connectivity index (χ4v) is 2.73. The number of benzene rings is 1. The van der Waals surface area contributed by atoms with Gasteiger partial charge in [0.05, 0.1) is 25.9 Å². The average molecular weight is 322 g/mol. The van der Waals surface area contributed by atoms with Crippen LogP contribution in [0.3, 0.4) is 0 Å². The quantitative estimate of drug-likeness (QED) is 0.670. The zero-order chi connectivity index (χ0) is 17.4. The zero-order valence-corrected chi connectivity index (χ0v) is 14.9. The number of hydrogen-bond donors (Lipinski definition) is 1. The van der Waals surface area contributed by atoms with Gasteiger partial charge in [-0.1, -0.05) is 39.0 Å². The zero-order valence-electron chi connectivity index (χ0n) is 14.9. The Kier molecular flexibility index (Phi) is 8.31. The summed E-state index contributed by atoms with van der Waals surface area (Å²) in [6, 6.07) is 7.80. The number of rotatable bonds is 10. The fraction of sp³-hybridized carbons (Fsp3) is 0.579. The van der Waals surface area contributed by atoms with Crippen molar-refractivity contribution in [2.24, 2.45) is 11.8 Å². The third-order valence-corrected chi connectivity index (χ3v) is 4.16. The molecular weight excluding hydrogens is 292 g/mol. The largest absolute Gasteiger partial charge is 0.497 e. The molecule has 0 saturated carbocycles. The highest BCUT2D eigenvalue weighted by atomic mass is 16.5. The Labute approximate surface area is 140 Å². The second-order valence-electron chi connectivity index (χ2n) is 6.15. The summed E-state index contributed by atoms with van der Waals surface area (Å²) in [5.41, 5.74) is 1.07. The molecule has 0 aliphatic carbocycles. The monoisotopic (exact) mass is 322 g/mol. The van der Waals surface area contributed by atoms with Crippen LogP contribution in [-0.2, 0) is 16.1 Å². The van der Waals surface area contributed by atoms with E-state index in [4.69, 9.17) is 14.2 Å². The number of aliphatic hydroxyl groups is 1. The lowest BCUT2D eigenvalue weighted by Gasteiger charge is -2.33. The van der Waals surface area contributed by atoms with Crippen LogP contribution in [0.25, 0.3) is 0 Å². The third-order valence-electron chi connectivity index (χ3n) is 4.16. The van der Waals surface area contributed by atoms with Crippen molar-refractivity contribution in [1.29, 1.82) is 0 Å². The summed E-state index contributed by atoms with van der Waals surface area (Å²) < 4.78 is 16.5. The van der Waals surface area contributed by atoms with Crippen LogP contribution in [0, 0.1) is 11.8 Å². The molecule has 0 aliphatic heterocycles. The molecule has 1 rings (SSSR count). The normalized spacial score (nSPS) is 16.7. The van der Waals surface area contributed by atoms with Gasteiger partial charge in [-0.2, -0.15) is 0 Å². The van der Waals surface area contributed by atoms with Gasteiger partial charge >= 0.3 is 0 Å². The van der Waals surface area contributed by atoms with Crippen molar-refractivity contribution in [2.45, 2.75) is 45.7 Å². The first-order valence-electron chi connectivity index (χ1n) is 8.02. The minimum absolute atomic E-state index is 0.0730. The first-order valence-corrected chi connectivity index (χ1v) is 8.02. The maximum absolute atomic E-state index is 10.5. The molecule has 4 atom stereocenters. The molecule has 0 aromatic heterocycles. The molecule has 1 aromatic carbocycles. The summed E-state index contributed by atoms with van der Waals surface area (Å²) in [6.45, 7) is 10.4. The lowest BCUT2D eigenvalue weighted by molar-refractivity contribution is -0.0914. The maximum Gasteiger partial charge on any atom is 0.118 e. The number of aliphatic hydroxyl groups excluding tert-OH is 1. The van der Waals surface area contributed by atoms with E-state index in [1.807, 2.05) is 31.2 Å². The summed E-state index contributed by atoms with van der Waals surface area (Å²) in [7, 11) is 3.22. The highest BCUT2D eigenvalue weighted by Crippen LogP contribution is 2.24. The van der Waals surface area contributed by atoms with Crippen LogP contribution >= 0.6 is 0 Å². The molecule has 0 amide bonds. The van der Waals surface area contributed by atoms with Crippen LogP contribution in [-0.4, -0.2) is 37.6 Å². The van der Waals surface area contributed by atoms with E-state index in [-0.39, 0.29) is 17.9 Å². The second-order valence-corrected chi connectivity index (χ2v) is 6.15. The lowest BCUT2D eigenvalue weighted by Crippen LogP contribution is -2.41. The highest BCUT2D eigenvalue weighted by molar-refractivity contribution is 5.26. The Morgan fingerprint density at radius 2 is 1.74 bits per heavy atom. The van der Waals surface area contributed by atoms with E-state index in [1.54, 1.807) is 20.3 Å². The topological polar surface area (TPSA) is 47.9 Å². The van der Waals surface area contributed by atoms with E-state index in [0.29, 0.717) is 6.61 Å². The molecule has 0 unspecified atom stereocenters. The third kappa shape index (κ3) is 5.65. The smallest absolute Gasteiger partial charge is 0.118 e. The van der Waals surface area contributed by atoms with Crippen LogP contribution in [0.5, 0.6) is 5.75 Å². The molecule has 0 radical (unpaired) electrons. The Balaban J connectivity index is 2.71. The summed E-state index contributed by atoms with van der Waals surface area (Å²) in [5.74, 6) is 1.03. The predicted molar refractivity (Wildman–Crippen MR) is 92.6 cm³/mol. The second kappa shape index (κ2) is 9.71. The first-order chi connectivity index (χ1) is 10.9. The SMILES string of the molecule is C=C[C@H](OC)[C@H](O)[C@H](C)[C@H](OCc1ccc(OC)cc1)C(C)C. The standard InChI is InChI=1S/C19H30O4/c1-7-17(22-6)18(20)14(4)19(13(2)3)23-12-15-8-10-16(21-5)11-9-15/h7-11,13-14,17-20H,1,12H2,2-6H3/t14-,17-,18+,19+/m0/s1. The van der Waals surface area contributed by atoms with E-state index >= 15 is 0 Å². The van der Waals surface area contributed by atoms with Crippen molar-refractivity contribution in [3.63, 3.8) is 0 Å². The van der Waals surface area contributed by atoms with Gasteiger partial charge in [0.15, 0.2) is 0 Å². The van der Waals surface area contributed by atoms with Crippen molar-refractivity contribution < 1.29 is 19.3 Å². The lowest BCUT2D eigenvalue weighted by atomic mass is 9.87. The summed E-state index contributed by atoms with van der Waals surface area (Å²) in [4.78, 5) is 0. The van der Waals surface area contributed by atoms with E-state index < -0.39 is 12.2 Å². The number of ether oxygens (including phenoxy) is 3. The molecule has 0 bridgehead atoms. The average Bonchev–Trinajstić information content (AvgIpc) is 2.56. The van der Waals surface area contributed by atoms with Gasteiger partial charge in [-0.25, -0.2) is 0 Å². The van der Waals surface area contributed by atoms with Gasteiger partial charge in [-0.05, 0) is 23.6 Å². The Bertz CT molecular complexity index is 455. The molecule has 1 N–H and O–H groups in total. The van der Waals surface area contributed by atoms with E-state index in [1.165, 1.54) is 0 Å². The summed E-state index contributed by atoms with van der Waals surface area (Å²) in [5, 5.41) is 10.5. The minimum Gasteiger partial charge on any atom is -0.497 e. The van der Waals surface area contributed by atoms with Crippen molar-refractivity contribution in [3.8, 4) is 5.75 Å². The van der Waals surface area contributed by atoms with Gasteiger partial charge in [0.25, 0.3) is 0 Å². The van der Waals surface area contributed by atoms with Crippen LogP contribution in [0.15, 0.2) is 36.9 Å². The van der Waals surface area contributed by atoms with Crippen LogP contribution in [0.4, 0.5) is 0 Å². The van der Waals surface area contributed by atoms with Gasteiger partial charge in [0.1, 0.15) is 11.9 Å². The number of methoxy groups -OCH3 is 2. The van der Waals surface area contributed by atoms with Gasteiger partial charge in [-0.15, -0.1) is 6.58 Å². The van der Waals surface area contributed by atoms with E-state index in [2.05, 4.69) is 20.4 Å². The van der Waals surface area contributed by atoms with Gasteiger partial charge in [0.2, 0.25) is 0 Å². The molecule has 0 saturated heterocycles. The molecule has 1 aromatic rings. The minimum atomic E-state index is -0.652. The highest BCUT2D eigenvalue weighted by Gasteiger charge is 2.31. The molecule has 0 spiro atoms. The fourth-order valence-electron chi connectivity index (χ4n) is 2.73. The molecule has 4 nitrogen and oxygen atoms in total. The Morgan fingerprint density at radius 1 is 1.13 bits per heavy atom. The van der Waals surface area contributed by atoms with E-state index in [9.17, 15) is 5.11 Å². The molecule has 4 heteroatoms. The Morgan fingerprint density at radius 3 is 2.17 bits per heavy atom. The summed E-state index contributed by atoms with van der Waals surface area (Å²) in [6.07, 6.45) is 0.503. The van der Waals surface area contributed by atoms with Gasteiger partial charge < -0.3 is 19.3 Å². The number of hydrogen-bond acceptors (Lipinski definition) is 4.